The maximum absolute atomic E-state index is 12.7. The molecule has 14 nitrogen and oxygen atoms in total. The summed E-state index contributed by atoms with van der Waals surface area (Å²) < 4.78 is 53.4. The van der Waals surface area contributed by atoms with Crippen LogP contribution in [0.3, 0.4) is 0 Å². The number of allylic oxidation sites excluding steroid dienone is 5. The van der Waals surface area contributed by atoms with Gasteiger partial charge in [-0.1, -0.05) is 121 Å². The van der Waals surface area contributed by atoms with Gasteiger partial charge in [-0.25, -0.2) is 9.13 Å². The molecule has 1 heterocycles. The van der Waals surface area contributed by atoms with Crippen LogP contribution in [0.25, 0.3) is 0 Å². The third kappa shape index (κ3) is 33.3. The van der Waals surface area contributed by atoms with E-state index in [1.807, 2.05) is 0 Å². The number of ether oxygens (including phenoxy) is 3. The molecule has 0 aromatic heterocycles. The van der Waals surface area contributed by atoms with Crippen LogP contribution in [0, 0.1) is 5.92 Å². The van der Waals surface area contributed by atoms with E-state index in [2.05, 4.69) is 66.3 Å². The van der Waals surface area contributed by atoms with Crippen LogP contribution in [0.1, 0.15) is 149 Å². The van der Waals surface area contributed by atoms with Crippen molar-refractivity contribution in [3.05, 3.63) is 36.5 Å². The molecule has 1 fully saturated rings. The number of esters is 2. The molecule has 1 rings (SSSR count). The molecule has 56 heavy (non-hydrogen) atoms. The molecule has 0 amide bonds. The number of hydrogen-bond acceptors (Lipinski definition) is 11. The maximum Gasteiger partial charge on any atom is 0.472 e. The summed E-state index contributed by atoms with van der Waals surface area (Å²) in [5.74, 6) is -0.372. The van der Waals surface area contributed by atoms with Gasteiger partial charge in [0.2, 0.25) is 0 Å². The smallest absolute Gasteiger partial charge is 0.462 e. The quantitative estimate of drug-likeness (QED) is 0.0151. The molecule has 1 saturated heterocycles. The van der Waals surface area contributed by atoms with Gasteiger partial charge in [-0.15, -0.1) is 0 Å². The number of epoxide rings is 1. The van der Waals surface area contributed by atoms with Gasteiger partial charge in [0.05, 0.1) is 32.0 Å². The summed E-state index contributed by atoms with van der Waals surface area (Å²) in [7, 11) is -9.70. The number of carbonyl (C=O) groups excluding carboxylic acids is 2. The highest BCUT2D eigenvalue weighted by Gasteiger charge is 2.37. The fourth-order valence-electron chi connectivity index (χ4n) is 5.62. The zero-order chi connectivity index (χ0) is 41.5. The van der Waals surface area contributed by atoms with Crippen molar-refractivity contribution in [2.45, 2.75) is 174 Å². The molecule has 3 unspecified atom stereocenters. The number of phosphoric ester groups is 2. The van der Waals surface area contributed by atoms with E-state index in [1.54, 1.807) is 0 Å². The molecule has 5 atom stereocenters. The molecular weight excluding hydrogens is 766 g/mol. The normalized spacial score (nSPS) is 18.2. The van der Waals surface area contributed by atoms with Crippen molar-refractivity contribution in [1.29, 1.82) is 0 Å². The minimum absolute atomic E-state index is 0.0431. The fourth-order valence-corrected chi connectivity index (χ4v) is 6.77. The first-order valence-corrected chi connectivity index (χ1v) is 23.7. The lowest BCUT2D eigenvalue weighted by atomic mass is 10.0. The van der Waals surface area contributed by atoms with Crippen LogP contribution in [0.4, 0.5) is 0 Å². The lowest BCUT2D eigenvalue weighted by Crippen LogP contribution is -2.30. The number of rotatable bonds is 37. The van der Waals surface area contributed by atoms with Crippen LogP contribution in [-0.2, 0) is 46.5 Å². The molecule has 0 radical (unpaired) electrons. The zero-order valence-electron chi connectivity index (χ0n) is 34.1. The predicted molar refractivity (Wildman–Crippen MR) is 216 cm³/mol. The van der Waals surface area contributed by atoms with E-state index >= 15 is 0 Å². The Balaban J connectivity index is 2.44. The number of unbranched alkanes of at least 4 members (excludes halogenated alkanes) is 10. The monoisotopic (exact) mass is 838 g/mol. The highest BCUT2D eigenvalue weighted by molar-refractivity contribution is 7.47. The van der Waals surface area contributed by atoms with E-state index in [4.69, 9.17) is 28.5 Å². The summed E-state index contributed by atoms with van der Waals surface area (Å²) in [6.45, 7) is 3.89. The first-order chi connectivity index (χ1) is 26.7. The van der Waals surface area contributed by atoms with E-state index in [1.165, 1.54) is 51.4 Å². The van der Waals surface area contributed by atoms with E-state index in [-0.39, 0.29) is 25.0 Å². The molecule has 0 aliphatic carbocycles. The Hall–Kier alpha value is -1.70. The second-order valence-electron chi connectivity index (χ2n) is 14.8. The number of carbonyl (C=O) groups is 2. The van der Waals surface area contributed by atoms with E-state index in [0.29, 0.717) is 19.3 Å². The van der Waals surface area contributed by atoms with Gasteiger partial charge in [0, 0.05) is 12.8 Å². The average Bonchev–Trinajstić information content (AvgIpc) is 3.89. The average molecular weight is 839 g/mol. The Kier molecular flexibility index (Phi) is 30.1. The van der Waals surface area contributed by atoms with Gasteiger partial charge in [0.1, 0.15) is 12.7 Å². The summed E-state index contributed by atoms with van der Waals surface area (Å²) in [4.78, 5) is 52.7. The largest absolute Gasteiger partial charge is 0.472 e. The zero-order valence-corrected chi connectivity index (χ0v) is 35.9. The van der Waals surface area contributed by atoms with Gasteiger partial charge in [-0.05, 0) is 57.3 Å². The van der Waals surface area contributed by atoms with Crippen LogP contribution < -0.4 is 0 Å². The lowest BCUT2D eigenvalue weighted by molar-refractivity contribution is -0.161. The molecular formula is C40H72O14P2. The molecule has 16 heteroatoms. The molecule has 0 spiro atoms. The van der Waals surface area contributed by atoms with Gasteiger partial charge in [0.25, 0.3) is 0 Å². The summed E-state index contributed by atoms with van der Waals surface area (Å²) in [6, 6.07) is 0. The number of aliphatic hydroxyl groups is 1. The maximum atomic E-state index is 12.7. The molecule has 0 aromatic carbocycles. The molecule has 1 aliphatic rings. The van der Waals surface area contributed by atoms with E-state index < -0.39 is 66.2 Å². The molecule has 0 bridgehead atoms. The number of aliphatic hydroxyl groups excluding tert-OH is 1. The minimum atomic E-state index is -4.87. The summed E-state index contributed by atoms with van der Waals surface area (Å²) in [6.07, 6.45) is 29.0. The second-order valence-corrected chi connectivity index (χ2v) is 17.5. The van der Waals surface area contributed by atoms with Gasteiger partial charge >= 0.3 is 27.6 Å². The van der Waals surface area contributed by atoms with Crippen LogP contribution in [0.15, 0.2) is 36.5 Å². The first kappa shape index (κ1) is 52.3. The number of phosphoric acid groups is 2. The van der Waals surface area contributed by atoms with Gasteiger partial charge in [0.15, 0.2) is 6.10 Å². The van der Waals surface area contributed by atoms with Gasteiger partial charge < -0.3 is 34.0 Å². The molecule has 0 aromatic rings. The summed E-state index contributed by atoms with van der Waals surface area (Å²) in [5.41, 5.74) is 0. The standard InChI is InChI=1S/C40H72O14P2/c1-4-5-6-7-8-9-10-11-12-16-19-22-26-37-38(54-37)27-24-29-40(43)53-36(33-52-56(47,48)51-31-35(41)30-50-55(44,45)46)32-49-39(42)28-23-20-17-14-13-15-18-21-25-34(2)3/h8-9,11-12,19,22,34-38,41H,4-7,10,13-18,20-21,23-33H2,1-3H3,(H,47,48)(H2,44,45,46)/b9-8-,12-11-,22-19-/t35-,36+,37?,38?/m0/s1. The van der Waals surface area contributed by atoms with Crippen molar-refractivity contribution in [2.75, 3.05) is 26.4 Å². The van der Waals surface area contributed by atoms with Crippen molar-refractivity contribution in [1.82, 2.24) is 0 Å². The second kappa shape index (κ2) is 32.2. The van der Waals surface area contributed by atoms with Gasteiger partial charge in [-0.3, -0.25) is 23.2 Å². The molecule has 0 saturated carbocycles. The summed E-state index contributed by atoms with van der Waals surface area (Å²) in [5, 5.41) is 9.74. The molecule has 1 aliphatic heterocycles. The Bertz CT molecular complexity index is 1220. The molecule has 326 valence electrons. The van der Waals surface area contributed by atoms with Crippen molar-refractivity contribution in [2.24, 2.45) is 5.92 Å². The Morgan fingerprint density at radius 3 is 1.93 bits per heavy atom. The third-order valence-corrected chi connectivity index (χ3v) is 10.3. The topological polar surface area (TPSA) is 208 Å². The van der Waals surface area contributed by atoms with E-state index in [9.17, 15) is 28.7 Å². The van der Waals surface area contributed by atoms with Crippen LogP contribution in [-0.4, -0.2) is 82.6 Å². The Morgan fingerprint density at radius 2 is 1.27 bits per heavy atom. The van der Waals surface area contributed by atoms with Gasteiger partial charge in [-0.2, -0.15) is 0 Å². The highest BCUT2D eigenvalue weighted by Crippen LogP contribution is 2.44. The Labute approximate surface area is 335 Å². The predicted octanol–water partition coefficient (Wildman–Crippen LogP) is 8.96. The van der Waals surface area contributed by atoms with Crippen molar-refractivity contribution < 1.29 is 66.3 Å². The minimum Gasteiger partial charge on any atom is -0.462 e. The van der Waals surface area contributed by atoms with Crippen molar-refractivity contribution in [3.8, 4) is 0 Å². The fraction of sp³-hybridized carbons (Fsp3) is 0.800. The third-order valence-electron chi connectivity index (χ3n) is 8.87. The summed E-state index contributed by atoms with van der Waals surface area (Å²) >= 11 is 0. The first-order valence-electron chi connectivity index (χ1n) is 20.7. The van der Waals surface area contributed by atoms with Crippen molar-refractivity contribution in [3.63, 3.8) is 0 Å². The lowest BCUT2D eigenvalue weighted by Gasteiger charge is -2.20. The SMILES string of the molecule is CCCCC/C=C\C/C=C\C/C=C\CC1OC1CCCC(=O)O[C@H](COC(=O)CCCCCCCCCCC(C)C)COP(=O)(O)OC[C@@H](O)COP(=O)(O)O. The van der Waals surface area contributed by atoms with E-state index in [0.717, 1.165) is 50.9 Å². The number of hydrogen-bond donors (Lipinski definition) is 4. The molecule has 4 N–H and O–H groups in total. The highest BCUT2D eigenvalue weighted by atomic mass is 31.2. The van der Waals surface area contributed by atoms with Crippen LogP contribution in [0.5, 0.6) is 0 Å². The van der Waals surface area contributed by atoms with Crippen molar-refractivity contribution >= 4 is 27.6 Å². The Morgan fingerprint density at radius 1 is 0.679 bits per heavy atom. The van der Waals surface area contributed by atoms with Crippen LogP contribution >= 0.6 is 15.6 Å². The van der Waals surface area contributed by atoms with Crippen LogP contribution in [0.2, 0.25) is 0 Å².